The molecule has 0 amide bonds. The monoisotopic (exact) mass is 227 g/mol. The fourth-order valence-electron chi connectivity index (χ4n) is 1.85. The number of rotatable bonds is 3. The average Bonchev–Trinajstić information content (AvgIpc) is 2.77. The van der Waals surface area contributed by atoms with E-state index in [1.165, 1.54) is 0 Å². The summed E-state index contributed by atoms with van der Waals surface area (Å²) in [6.07, 6.45) is 1.75. The van der Waals surface area contributed by atoms with Gasteiger partial charge >= 0.3 is 0 Å². The molecule has 4 heteroatoms. The molecule has 0 radical (unpaired) electrons. The van der Waals surface area contributed by atoms with Crippen molar-refractivity contribution >= 4 is 11.4 Å². The van der Waals surface area contributed by atoms with Crippen LogP contribution >= 0.6 is 0 Å². The van der Waals surface area contributed by atoms with Crippen LogP contribution in [0.2, 0.25) is 0 Å². The van der Waals surface area contributed by atoms with Crippen LogP contribution in [-0.4, -0.2) is 28.1 Å². The third kappa shape index (κ3) is 2.33. The van der Waals surface area contributed by atoms with Crippen molar-refractivity contribution in [3.63, 3.8) is 0 Å². The number of benzene rings is 1. The minimum absolute atomic E-state index is 0.161. The highest BCUT2D eigenvalue weighted by Crippen LogP contribution is 2.25. The van der Waals surface area contributed by atoms with Crippen molar-refractivity contribution in [1.82, 2.24) is 4.31 Å². The lowest BCUT2D eigenvalue weighted by atomic mass is 10.2. The molecule has 1 aromatic rings. The van der Waals surface area contributed by atoms with E-state index in [2.05, 4.69) is 0 Å². The molecule has 1 saturated heterocycles. The van der Waals surface area contributed by atoms with Crippen LogP contribution in [0.25, 0.3) is 0 Å². The summed E-state index contributed by atoms with van der Waals surface area (Å²) in [5, 5.41) is 0. The summed E-state index contributed by atoms with van der Waals surface area (Å²) < 4.78 is 26.5. The van der Waals surface area contributed by atoms with Gasteiger partial charge in [-0.15, -0.1) is 4.31 Å². The van der Waals surface area contributed by atoms with Crippen LogP contribution in [0.3, 0.4) is 0 Å². The molecule has 0 bridgehead atoms. The molecule has 1 fully saturated rings. The smallest absolute Gasteiger partial charge is 0.174 e. The predicted octanol–water partition coefficient (Wildman–Crippen LogP) is 2.14. The van der Waals surface area contributed by atoms with Gasteiger partial charge in [-0.2, -0.15) is 0 Å². The van der Waals surface area contributed by atoms with Crippen molar-refractivity contribution in [2.45, 2.75) is 23.8 Å². The number of halogens is 1. The van der Waals surface area contributed by atoms with Gasteiger partial charge in [-0.1, -0.05) is 18.2 Å². The third-order valence-corrected chi connectivity index (χ3v) is 4.24. The summed E-state index contributed by atoms with van der Waals surface area (Å²) in [4.78, 5) is 0.762. The van der Waals surface area contributed by atoms with Gasteiger partial charge in [0.15, 0.2) is 4.90 Å². The Bertz CT molecular complexity index is 309. The lowest BCUT2D eigenvalue weighted by Gasteiger charge is -2.23. The van der Waals surface area contributed by atoms with Crippen molar-refractivity contribution in [2.75, 3.05) is 13.2 Å². The van der Waals surface area contributed by atoms with Gasteiger partial charge in [0.2, 0.25) is 0 Å². The molecule has 15 heavy (non-hydrogen) atoms. The first-order valence-electron chi connectivity index (χ1n) is 5.12. The summed E-state index contributed by atoms with van der Waals surface area (Å²) in [7, 11) is 0. The van der Waals surface area contributed by atoms with E-state index in [1.807, 2.05) is 30.3 Å². The fraction of sp³-hybridized carbons (Fsp3) is 0.455. The highest BCUT2D eigenvalue weighted by Gasteiger charge is 2.34. The first kappa shape index (κ1) is 10.9. The van der Waals surface area contributed by atoms with E-state index >= 15 is 0 Å². The lowest BCUT2D eigenvalue weighted by molar-refractivity contribution is 0.311. The van der Waals surface area contributed by atoms with Crippen molar-refractivity contribution in [3.8, 4) is 0 Å². The largest absolute Gasteiger partial charge is 0.593 e. The topological polar surface area (TPSA) is 26.3 Å². The summed E-state index contributed by atoms with van der Waals surface area (Å²) in [6, 6.07) is 9.08. The number of nitrogens with zero attached hydrogens (tertiary/aromatic N) is 1. The van der Waals surface area contributed by atoms with Gasteiger partial charge in [-0.05, 0) is 25.0 Å². The first-order valence-corrected chi connectivity index (χ1v) is 6.23. The minimum atomic E-state index is -1.20. The summed E-state index contributed by atoms with van der Waals surface area (Å²) in [6.45, 7) is 0.328. The zero-order valence-electron chi connectivity index (χ0n) is 8.43. The van der Waals surface area contributed by atoms with Crippen molar-refractivity contribution in [1.29, 1.82) is 0 Å². The Hall–Kier alpha value is -0.580. The molecule has 82 valence electrons. The zero-order chi connectivity index (χ0) is 10.7. The van der Waals surface area contributed by atoms with Crippen LogP contribution in [0.4, 0.5) is 4.39 Å². The van der Waals surface area contributed by atoms with Crippen molar-refractivity contribution < 1.29 is 8.94 Å². The standard InChI is InChI=1S/C11H14FNOS/c12-9-10-5-4-8-13(10)15(14)11-6-2-1-3-7-11/h1-3,6-7,10H,4-5,8-9H2/t10-,15?/m1/s1. The molecule has 1 unspecified atom stereocenters. The number of alkyl halides is 1. The average molecular weight is 227 g/mol. The number of hydrogen-bond acceptors (Lipinski definition) is 2. The van der Waals surface area contributed by atoms with E-state index in [0.29, 0.717) is 0 Å². The van der Waals surface area contributed by atoms with E-state index in [4.69, 9.17) is 0 Å². The molecule has 1 aliphatic heterocycles. The Morgan fingerprint density at radius 3 is 2.80 bits per heavy atom. The number of hydrogen-bond donors (Lipinski definition) is 0. The van der Waals surface area contributed by atoms with Crippen LogP contribution in [0.1, 0.15) is 12.8 Å². The molecule has 0 aromatic heterocycles. The maximum absolute atomic E-state index is 12.6. The Morgan fingerprint density at radius 1 is 1.40 bits per heavy atom. The lowest BCUT2D eigenvalue weighted by Crippen LogP contribution is -2.36. The van der Waals surface area contributed by atoms with E-state index in [-0.39, 0.29) is 6.04 Å². The quantitative estimate of drug-likeness (QED) is 0.739. The Kier molecular flexibility index (Phi) is 3.61. The molecule has 1 aliphatic rings. The summed E-state index contributed by atoms with van der Waals surface area (Å²) >= 11 is -1.20. The van der Waals surface area contributed by atoms with Crippen molar-refractivity contribution in [3.05, 3.63) is 30.3 Å². The fourth-order valence-corrected chi connectivity index (χ4v) is 3.24. The molecule has 2 atom stereocenters. The summed E-state index contributed by atoms with van der Waals surface area (Å²) in [5.74, 6) is 0. The molecular weight excluding hydrogens is 213 g/mol. The predicted molar refractivity (Wildman–Crippen MR) is 58.6 cm³/mol. The van der Waals surface area contributed by atoms with Crippen LogP contribution < -0.4 is 0 Å². The Balaban J connectivity index is 2.10. The molecular formula is C11H14FNOS. The maximum atomic E-state index is 12.6. The molecule has 0 spiro atoms. The zero-order valence-corrected chi connectivity index (χ0v) is 9.25. The first-order chi connectivity index (χ1) is 7.33. The molecule has 1 heterocycles. The Morgan fingerprint density at radius 2 is 2.13 bits per heavy atom. The minimum Gasteiger partial charge on any atom is -0.593 e. The van der Waals surface area contributed by atoms with Gasteiger partial charge in [-0.3, -0.25) is 0 Å². The molecule has 0 aliphatic carbocycles. The maximum Gasteiger partial charge on any atom is 0.174 e. The molecule has 2 rings (SSSR count). The van der Waals surface area contributed by atoms with Crippen LogP contribution in [0.5, 0.6) is 0 Å². The highest BCUT2D eigenvalue weighted by molar-refractivity contribution is 7.89. The third-order valence-electron chi connectivity index (χ3n) is 2.66. The van der Waals surface area contributed by atoms with E-state index < -0.39 is 18.0 Å². The molecule has 0 saturated carbocycles. The van der Waals surface area contributed by atoms with Gasteiger partial charge in [0.05, 0.1) is 17.4 Å². The normalized spacial score (nSPS) is 24.3. The second-order valence-corrected chi connectivity index (χ2v) is 5.09. The van der Waals surface area contributed by atoms with Gasteiger partial charge in [-0.25, -0.2) is 4.39 Å². The second-order valence-electron chi connectivity index (χ2n) is 3.65. The highest BCUT2D eigenvalue weighted by atomic mass is 32.2. The Labute approximate surface area is 92.4 Å². The second kappa shape index (κ2) is 4.96. The van der Waals surface area contributed by atoms with E-state index in [9.17, 15) is 8.94 Å². The van der Waals surface area contributed by atoms with Crippen LogP contribution in [0.15, 0.2) is 35.2 Å². The van der Waals surface area contributed by atoms with Gasteiger partial charge in [0, 0.05) is 6.54 Å². The molecule has 0 N–H and O–H groups in total. The van der Waals surface area contributed by atoms with Crippen molar-refractivity contribution in [2.24, 2.45) is 0 Å². The van der Waals surface area contributed by atoms with Gasteiger partial charge in [0.25, 0.3) is 0 Å². The molecule has 1 aromatic carbocycles. The van der Waals surface area contributed by atoms with E-state index in [0.717, 1.165) is 24.3 Å². The van der Waals surface area contributed by atoms with Gasteiger partial charge in [0.1, 0.15) is 6.67 Å². The van der Waals surface area contributed by atoms with Crippen LogP contribution in [0, 0.1) is 0 Å². The van der Waals surface area contributed by atoms with E-state index in [1.54, 1.807) is 4.31 Å². The summed E-state index contributed by atoms with van der Waals surface area (Å²) in [5.41, 5.74) is 0. The SMILES string of the molecule is [O-][S+](c1ccccc1)N1CCC[C@@H]1CF. The van der Waals surface area contributed by atoms with Crippen LogP contribution in [-0.2, 0) is 11.4 Å². The molecule has 2 nitrogen and oxygen atoms in total. The van der Waals surface area contributed by atoms with Gasteiger partial charge < -0.3 is 4.55 Å².